The molecule has 0 aliphatic heterocycles. The van der Waals surface area contributed by atoms with Gasteiger partial charge in [-0.25, -0.2) is 0 Å². The van der Waals surface area contributed by atoms with E-state index in [1.807, 2.05) is 21.1 Å². The second kappa shape index (κ2) is 48.8. The van der Waals surface area contributed by atoms with Gasteiger partial charge in [0.05, 0.1) is 27.7 Å². The SMILES string of the molecule is CCCCCCCC/C=C/CCCCCCCCCCCCCC(=O)O[C@H](COC(=O)CCCCCCCCCCCCCCCCCCCCCCC)COP(=O)([O-])OCC[N+](C)(C)C. The van der Waals surface area contributed by atoms with Gasteiger partial charge in [-0.1, -0.05) is 244 Å². The minimum Gasteiger partial charge on any atom is -0.756 e. The highest BCUT2D eigenvalue weighted by atomic mass is 31.2. The molecule has 66 heavy (non-hydrogen) atoms. The number of quaternary nitrogens is 1. The van der Waals surface area contributed by atoms with Crippen LogP contribution in [0.1, 0.15) is 284 Å². The molecule has 0 N–H and O–H groups in total. The van der Waals surface area contributed by atoms with Crippen LogP contribution >= 0.6 is 7.82 Å². The van der Waals surface area contributed by atoms with Crippen LogP contribution < -0.4 is 4.89 Å². The average Bonchev–Trinajstić information content (AvgIpc) is 3.27. The summed E-state index contributed by atoms with van der Waals surface area (Å²) in [5.41, 5.74) is 0. The van der Waals surface area contributed by atoms with Gasteiger partial charge in [0, 0.05) is 12.8 Å². The first-order chi connectivity index (χ1) is 32.0. The number of nitrogens with zero attached hydrogens (tertiary/aromatic N) is 1. The molecule has 0 spiro atoms. The molecule has 0 aromatic rings. The number of unbranched alkanes of at least 4 members (excludes halogenated alkanes) is 37. The summed E-state index contributed by atoms with van der Waals surface area (Å²) in [5.74, 6) is -0.816. The van der Waals surface area contributed by atoms with Crippen LogP contribution in [0.2, 0.25) is 0 Å². The van der Waals surface area contributed by atoms with Gasteiger partial charge in [-0.15, -0.1) is 0 Å². The normalized spacial score (nSPS) is 13.4. The molecule has 0 amide bonds. The Morgan fingerprint density at radius 3 is 1.12 bits per heavy atom. The van der Waals surface area contributed by atoms with Gasteiger partial charge < -0.3 is 27.9 Å². The van der Waals surface area contributed by atoms with Crippen LogP contribution in [0.3, 0.4) is 0 Å². The molecular formula is C56H110NO8P. The summed E-state index contributed by atoms with van der Waals surface area (Å²) in [7, 11) is 1.18. The highest BCUT2D eigenvalue weighted by Crippen LogP contribution is 2.38. The van der Waals surface area contributed by atoms with Gasteiger partial charge in [0.25, 0.3) is 7.82 Å². The van der Waals surface area contributed by atoms with E-state index in [4.69, 9.17) is 18.5 Å². The van der Waals surface area contributed by atoms with Gasteiger partial charge in [0.15, 0.2) is 6.10 Å². The predicted octanol–water partition coefficient (Wildman–Crippen LogP) is 16.6. The van der Waals surface area contributed by atoms with Gasteiger partial charge in [-0.05, 0) is 38.5 Å². The Kier molecular flexibility index (Phi) is 47.8. The Balaban J connectivity index is 4.14. The second-order valence-corrected chi connectivity index (χ2v) is 22.1. The molecule has 0 aromatic carbocycles. The van der Waals surface area contributed by atoms with E-state index >= 15 is 0 Å². The first kappa shape index (κ1) is 64.8. The third-order valence-electron chi connectivity index (χ3n) is 12.8. The lowest BCUT2D eigenvalue weighted by Gasteiger charge is -2.28. The fourth-order valence-corrected chi connectivity index (χ4v) is 9.09. The molecule has 0 rings (SSSR count). The summed E-state index contributed by atoms with van der Waals surface area (Å²) >= 11 is 0. The third kappa shape index (κ3) is 52.1. The van der Waals surface area contributed by atoms with Crippen molar-refractivity contribution in [2.45, 2.75) is 290 Å². The molecule has 0 saturated carbocycles. The number of likely N-dealkylation sites (N-methyl/N-ethyl adjacent to an activating group) is 1. The van der Waals surface area contributed by atoms with Crippen molar-refractivity contribution in [3.05, 3.63) is 12.2 Å². The zero-order valence-electron chi connectivity index (χ0n) is 44.4. The van der Waals surface area contributed by atoms with E-state index < -0.39 is 26.5 Å². The minimum absolute atomic E-state index is 0.0271. The largest absolute Gasteiger partial charge is 0.756 e. The Morgan fingerprint density at radius 1 is 0.455 bits per heavy atom. The Bertz CT molecular complexity index is 1130. The molecule has 9 nitrogen and oxygen atoms in total. The van der Waals surface area contributed by atoms with Crippen molar-refractivity contribution in [3.63, 3.8) is 0 Å². The predicted molar refractivity (Wildman–Crippen MR) is 278 cm³/mol. The summed E-state index contributed by atoms with van der Waals surface area (Å²) in [4.78, 5) is 37.8. The van der Waals surface area contributed by atoms with Crippen molar-refractivity contribution < 1.29 is 42.1 Å². The first-order valence-corrected chi connectivity index (χ1v) is 29.9. The molecule has 0 radical (unpaired) electrons. The standard InChI is InChI=1S/C56H110NO8P/c1-6-8-10-12-14-16-18-20-22-24-26-28-30-32-34-36-38-40-42-44-46-48-55(58)62-52-54(53-64-66(60,61)63-51-50-57(3,4)5)65-56(59)49-47-45-43-41-39-37-35-33-31-29-27-25-23-21-19-17-15-13-11-9-7-2/h21,23,54H,6-20,22,24-53H2,1-5H3/b23-21+/t54-/m1/s1. The van der Waals surface area contributed by atoms with Gasteiger partial charge in [0.1, 0.15) is 19.8 Å². The van der Waals surface area contributed by atoms with Crippen molar-refractivity contribution in [1.29, 1.82) is 0 Å². The van der Waals surface area contributed by atoms with Gasteiger partial charge in [0.2, 0.25) is 0 Å². The molecule has 10 heteroatoms. The fraction of sp³-hybridized carbons (Fsp3) is 0.929. The molecule has 1 unspecified atom stereocenters. The molecule has 0 fully saturated rings. The maximum absolute atomic E-state index is 12.8. The summed E-state index contributed by atoms with van der Waals surface area (Å²) in [5, 5.41) is 0. The highest BCUT2D eigenvalue weighted by molar-refractivity contribution is 7.45. The topological polar surface area (TPSA) is 111 Å². The van der Waals surface area contributed by atoms with E-state index in [-0.39, 0.29) is 32.0 Å². The monoisotopic (exact) mass is 956 g/mol. The number of ether oxygens (including phenoxy) is 2. The van der Waals surface area contributed by atoms with Crippen LogP contribution in [0.25, 0.3) is 0 Å². The zero-order chi connectivity index (χ0) is 48.5. The maximum Gasteiger partial charge on any atom is 0.306 e. The maximum atomic E-state index is 12.8. The molecule has 0 saturated heterocycles. The van der Waals surface area contributed by atoms with Crippen molar-refractivity contribution in [1.82, 2.24) is 0 Å². The van der Waals surface area contributed by atoms with E-state index in [1.54, 1.807) is 0 Å². The average molecular weight is 956 g/mol. The zero-order valence-corrected chi connectivity index (χ0v) is 45.3. The quantitative estimate of drug-likeness (QED) is 0.0195. The van der Waals surface area contributed by atoms with E-state index in [9.17, 15) is 19.0 Å². The smallest absolute Gasteiger partial charge is 0.306 e. The Labute approximate surface area is 409 Å². The van der Waals surface area contributed by atoms with Crippen LogP contribution in [0.15, 0.2) is 12.2 Å². The Morgan fingerprint density at radius 2 is 0.773 bits per heavy atom. The van der Waals surface area contributed by atoms with Crippen molar-refractivity contribution in [2.24, 2.45) is 0 Å². The first-order valence-electron chi connectivity index (χ1n) is 28.4. The van der Waals surface area contributed by atoms with Gasteiger partial charge in [-0.2, -0.15) is 0 Å². The van der Waals surface area contributed by atoms with E-state index in [1.165, 1.54) is 212 Å². The summed E-state index contributed by atoms with van der Waals surface area (Å²) in [6.45, 7) is 4.29. The molecule has 0 aromatic heterocycles. The number of hydrogen-bond acceptors (Lipinski definition) is 8. The number of hydrogen-bond donors (Lipinski definition) is 0. The molecule has 0 bridgehead atoms. The molecule has 2 atom stereocenters. The third-order valence-corrected chi connectivity index (χ3v) is 13.7. The molecule has 0 heterocycles. The van der Waals surface area contributed by atoms with Crippen molar-refractivity contribution in [2.75, 3.05) is 47.5 Å². The van der Waals surface area contributed by atoms with Crippen LogP contribution in [0.5, 0.6) is 0 Å². The number of allylic oxidation sites excluding steroid dienone is 2. The van der Waals surface area contributed by atoms with Gasteiger partial charge in [-0.3, -0.25) is 14.2 Å². The highest BCUT2D eigenvalue weighted by Gasteiger charge is 2.22. The van der Waals surface area contributed by atoms with Crippen molar-refractivity contribution >= 4 is 19.8 Å². The van der Waals surface area contributed by atoms with Crippen LogP contribution in [-0.4, -0.2) is 70.0 Å². The molecule has 0 aliphatic rings. The van der Waals surface area contributed by atoms with E-state index in [2.05, 4.69) is 26.0 Å². The lowest BCUT2D eigenvalue weighted by atomic mass is 10.0. The number of phosphoric ester groups is 1. The van der Waals surface area contributed by atoms with Crippen LogP contribution in [0.4, 0.5) is 0 Å². The molecule has 0 aliphatic carbocycles. The summed E-state index contributed by atoms with van der Waals surface area (Å²) in [6.07, 6.45) is 55.3. The number of esters is 2. The number of rotatable bonds is 53. The van der Waals surface area contributed by atoms with Crippen molar-refractivity contribution in [3.8, 4) is 0 Å². The number of phosphoric acid groups is 1. The number of carbonyl (C=O) groups excluding carboxylic acids is 2. The van der Waals surface area contributed by atoms with E-state index in [0.717, 1.165) is 38.5 Å². The Hall–Kier alpha value is -1.25. The number of carbonyl (C=O) groups is 2. The second-order valence-electron chi connectivity index (χ2n) is 20.7. The lowest BCUT2D eigenvalue weighted by molar-refractivity contribution is -0.870. The summed E-state index contributed by atoms with van der Waals surface area (Å²) in [6, 6.07) is 0. The van der Waals surface area contributed by atoms with Crippen LogP contribution in [0, 0.1) is 0 Å². The lowest BCUT2D eigenvalue weighted by Crippen LogP contribution is -2.37. The molecule has 392 valence electrons. The van der Waals surface area contributed by atoms with E-state index in [0.29, 0.717) is 17.4 Å². The van der Waals surface area contributed by atoms with Gasteiger partial charge >= 0.3 is 11.9 Å². The fourth-order valence-electron chi connectivity index (χ4n) is 8.36. The van der Waals surface area contributed by atoms with Crippen LogP contribution in [-0.2, 0) is 32.7 Å². The minimum atomic E-state index is -4.63. The molecular weight excluding hydrogens is 846 g/mol. The summed E-state index contributed by atoms with van der Waals surface area (Å²) < 4.78 is 34.2.